The van der Waals surface area contributed by atoms with Crippen molar-refractivity contribution in [2.75, 3.05) is 10.6 Å². The van der Waals surface area contributed by atoms with Gasteiger partial charge >= 0.3 is 0 Å². The molecule has 0 aliphatic carbocycles. The van der Waals surface area contributed by atoms with Crippen LogP contribution in [0.15, 0.2) is 76.7 Å². The van der Waals surface area contributed by atoms with Crippen LogP contribution in [-0.2, 0) is 9.59 Å². The molecule has 0 aliphatic heterocycles. The fourth-order valence-corrected chi connectivity index (χ4v) is 4.72. The molecule has 0 spiro atoms. The van der Waals surface area contributed by atoms with Crippen molar-refractivity contribution in [1.82, 2.24) is 9.55 Å². The number of fused-ring (bicyclic) bond motifs is 1. The highest BCUT2D eigenvalue weighted by Crippen LogP contribution is 2.27. The van der Waals surface area contributed by atoms with E-state index in [9.17, 15) is 14.4 Å². The lowest BCUT2D eigenvalue weighted by molar-refractivity contribution is -0.115. The zero-order chi connectivity index (χ0) is 25.1. The number of anilines is 2. The van der Waals surface area contributed by atoms with Gasteiger partial charge in [-0.2, -0.15) is 0 Å². The molecule has 8 heteroatoms. The van der Waals surface area contributed by atoms with Gasteiger partial charge in [-0.15, -0.1) is 0 Å². The molecule has 35 heavy (non-hydrogen) atoms. The predicted octanol–water partition coefficient (Wildman–Crippen LogP) is 5.08. The highest BCUT2D eigenvalue weighted by Gasteiger charge is 2.21. The molecule has 0 saturated heterocycles. The van der Waals surface area contributed by atoms with E-state index in [1.807, 2.05) is 44.2 Å². The first-order valence-electron chi connectivity index (χ1n) is 11.2. The van der Waals surface area contributed by atoms with E-state index in [4.69, 9.17) is 4.98 Å². The molecule has 2 N–H and O–H groups in total. The lowest BCUT2D eigenvalue weighted by Crippen LogP contribution is -2.26. The Balaban J connectivity index is 1.65. The number of rotatable bonds is 6. The van der Waals surface area contributed by atoms with Gasteiger partial charge in [0.2, 0.25) is 11.8 Å². The summed E-state index contributed by atoms with van der Waals surface area (Å²) >= 11 is 1.23. The molecule has 0 bridgehead atoms. The van der Waals surface area contributed by atoms with Crippen molar-refractivity contribution in [3.8, 4) is 5.69 Å². The van der Waals surface area contributed by atoms with E-state index in [2.05, 4.69) is 10.6 Å². The van der Waals surface area contributed by atoms with Gasteiger partial charge in [-0.05, 0) is 80.4 Å². The number of nitrogens with one attached hydrogen (secondary N) is 2. The van der Waals surface area contributed by atoms with Gasteiger partial charge in [0.05, 0.1) is 21.8 Å². The van der Waals surface area contributed by atoms with Crippen LogP contribution in [0.3, 0.4) is 0 Å². The summed E-state index contributed by atoms with van der Waals surface area (Å²) in [6.07, 6.45) is 0. The van der Waals surface area contributed by atoms with Gasteiger partial charge in [-0.1, -0.05) is 30.0 Å². The molecule has 4 rings (SSSR count). The summed E-state index contributed by atoms with van der Waals surface area (Å²) in [5.41, 5.74) is 4.44. The van der Waals surface area contributed by atoms with Gasteiger partial charge in [-0.25, -0.2) is 4.98 Å². The van der Waals surface area contributed by atoms with Crippen molar-refractivity contribution >= 4 is 45.9 Å². The number of carbonyl (C=O) groups excluding carboxylic acids is 2. The van der Waals surface area contributed by atoms with E-state index in [0.29, 0.717) is 27.4 Å². The Morgan fingerprint density at radius 3 is 2.14 bits per heavy atom. The molecule has 0 fully saturated rings. The Morgan fingerprint density at radius 1 is 0.914 bits per heavy atom. The number of thioether (sulfide) groups is 1. The molecule has 178 valence electrons. The molecule has 4 aromatic rings. The molecule has 0 aliphatic rings. The van der Waals surface area contributed by atoms with Crippen LogP contribution in [-0.4, -0.2) is 26.6 Å². The highest BCUT2D eigenvalue weighted by atomic mass is 32.2. The number of aromatic nitrogens is 2. The van der Waals surface area contributed by atoms with Crippen LogP contribution in [0.2, 0.25) is 0 Å². The van der Waals surface area contributed by atoms with Crippen LogP contribution in [0.5, 0.6) is 0 Å². The van der Waals surface area contributed by atoms with E-state index in [1.165, 1.54) is 18.7 Å². The third-order valence-corrected chi connectivity index (χ3v) is 6.39. The minimum atomic E-state index is -0.532. The second-order valence-electron chi connectivity index (χ2n) is 8.41. The van der Waals surface area contributed by atoms with Crippen LogP contribution >= 0.6 is 11.8 Å². The van der Waals surface area contributed by atoms with Gasteiger partial charge in [-0.3, -0.25) is 19.0 Å². The van der Waals surface area contributed by atoms with Crippen molar-refractivity contribution in [1.29, 1.82) is 0 Å². The summed E-state index contributed by atoms with van der Waals surface area (Å²) in [5, 5.41) is 6.01. The topological polar surface area (TPSA) is 93.1 Å². The van der Waals surface area contributed by atoms with E-state index in [-0.39, 0.29) is 17.4 Å². The molecule has 2 amide bonds. The minimum absolute atomic E-state index is 0.162. The van der Waals surface area contributed by atoms with E-state index in [0.717, 1.165) is 16.8 Å². The summed E-state index contributed by atoms with van der Waals surface area (Å²) in [4.78, 5) is 42.4. The lowest BCUT2D eigenvalue weighted by Gasteiger charge is -2.17. The molecule has 0 radical (unpaired) electrons. The van der Waals surface area contributed by atoms with Crippen LogP contribution in [0.25, 0.3) is 16.6 Å². The number of amides is 2. The van der Waals surface area contributed by atoms with Crippen molar-refractivity contribution in [2.24, 2.45) is 0 Å². The van der Waals surface area contributed by atoms with Crippen molar-refractivity contribution in [3.05, 3.63) is 88.2 Å². The summed E-state index contributed by atoms with van der Waals surface area (Å²) in [6.45, 7) is 7.18. The molecule has 1 atom stereocenters. The molecule has 1 heterocycles. The summed E-state index contributed by atoms with van der Waals surface area (Å²) in [5.74, 6) is -0.388. The van der Waals surface area contributed by atoms with Gasteiger partial charge in [0.1, 0.15) is 0 Å². The Labute approximate surface area is 207 Å². The average molecular weight is 487 g/mol. The monoisotopic (exact) mass is 486 g/mol. The highest BCUT2D eigenvalue weighted by molar-refractivity contribution is 8.00. The number of hydrogen-bond acceptors (Lipinski definition) is 5. The number of nitrogens with zero attached hydrogens (tertiary/aromatic N) is 2. The number of carbonyl (C=O) groups is 2. The predicted molar refractivity (Wildman–Crippen MR) is 142 cm³/mol. The normalized spacial score (nSPS) is 11.8. The second-order valence-corrected chi connectivity index (χ2v) is 9.71. The van der Waals surface area contributed by atoms with Crippen molar-refractivity contribution in [2.45, 2.75) is 38.1 Å². The third-order valence-electron chi connectivity index (χ3n) is 5.33. The Morgan fingerprint density at radius 2 is 1.51 bits per heavy atom. The Bertz CT molecular complexity index is 1460. The summed E-state index contributed by atoms with van der Waals surface area (Å²) in [7, 11) is 0. The van der Waals surface area contributed by atoms with E-state index in [1.54, 1.807) is 47.9 Å². The second kappa shape index (κ2) is 10.1. The number of hydrogen-bond donors (Lipinski definition) is 2. The van der Waals surface area contributed by atoms with Gasteiger partial charge in [0.25, 0.3) is 5.56 Å². The zero-order valence-corrected chi connectivity index (χ0v) is 20.8. The van der Waals surface area contributed by atoms with Crippen LogP contribution in [0.4, 0.5) is 11.4 Å². The van der Waals surface area contributed by atoms with Crippen LogP contribution < -0.4 is 16.2 Å². The average Bonchev–Trinajstić information content (AvgIpc) is 2.79. The minimum Gasteiger partial charge on any atom is -0.326 e. The lowest BCUT2D eigenvalue weighted by atomic mass is 10.1. The molecular weight excluding hydrogens is 460 g/mol. The molecule has 0 saturated carbocycles. The molecular formula is C27H26N4O3S. The summed E-state index contributed by atoms with van der Waals surface area (Å²) < 4.78 is 1.58. The Kier molecular flexibility index (Phi) is 7.02. The fraction of sp³-hybridized carbons (Fsp3) is 0.185. The maximum Gasteiger partial charge on any atom is 0.266 e. The first-order valence-corrected chi connectivity index (χ1v) is 12.0. The smallest absolute Gasteiger partial charge is 0.266 e. The molecule has 1 aromatic heterocycles. The standard InChI is InChI=1S/C27H26N4O3S/c1-16-13-17(2)15-22(14-16)31-26(34)23-7-5-6-8-24(23)30-27(31)35-18(3)25(33)29-21-11-9-20(10-12-21)28-19(4)32/h5-15,18H,1-4H3,(H,28,32)(H,29,33). The van der Waals surface area contributed by atoms with Crippen molar-refractivity contribution in [3.63, 3.8) is 0 Å². The van der Waals surface area contributed by atoms with Gasteiger partial charge in [0, 0.05) is 18.3 Å². The van der Waals surface area contributed by atoms with Crippen molar-refractivity contribution < 1.29 is 9.59 Å². The molecule has 7 nitrogen and oxygen atoms in total. The third kappa shape index (κ3) is 5.60. The molecule has 1 unspecified atom stereocenters. The van der Waals surface area contributed by atoms with E-state index >= 15 is 0 Å². The zero-order valence-electron chi connectivity index (χ0n) is 20.0. The van der Waals surface area contributed by atoms with E-state index < -0.39 is 5.25 Å². The maximum atomic E-state index is 13.5. The SMILES string of the molecule is CC(=O)Nc1ccc(NC(=O)C(C)Sc2nc3ccccc3c(=O)n2-c2cc(C)cc(C)c2)cc1. The van der Waals surface area contributed by atoms with Crippen LogP contribution in [0, 0.1) is 13.8 Å². The van der Waals surface area contributed by atoms with Gasteiger partial charge in [0.15, 0.2) is 5.16 Å². The maximum absolute atomic E-state index is 13.5. The molecule has 3 aromatic carbocycles. The van der Waals surface area contributed by atoms with Gasteiger partial charge < -0.3 is 10.6 Å². The first-order chi connectivity index (χ1) is 16.7. The van der Waals surface area contributed by atoms with Crippen LogP contribution in [0.1, 0.15) is 25.0 Å². The Hall–Kier alpha value is -3.91. The first kappa shape index (κ1) is 24.2. The number of para-hydroxylation sites is 1. The quantitative estimate of drug-likeness (QED) is 0.293. The fourth-order valence-electron chi connectivity index (χ4n) is 3.79. The largest absolute Gasteiger partial charge is 0.326 e. The number of benzene rings is 3. The number of aryl methyl sites for hydroxylation is 2. The summed E-state index contributed by atoms with van der Waals surface area (Å²) in [6, 6.07) is 20.0.